The summed E-state index contributed by atoms with van der Waals surface area (Å²) < 4.78 is 5.60. The van der Waals surface area contributed by atoms with Crippen molar-refractivity contribution in [3.05, 3.63) is 29.7 Å². The molecule has 0 N–H and O–H groups in total. The van der Waals surface area contributed by atoms with Crippen molar-refractivity contribution >= 4 is 11.1 Å². The smallest absolute Gasteiger partial charge is 0.156 e. The van der Waals surface area contributed by atoms with Crippen LogP contribution in [0.2, 0.25) is 0 Å². The van der Waals surface area contributed by atoms with Crippen molar-refractivity contribution in [2.24, 2.45) is 0 Å². The summed E-state index contributed by atoms with van der Waals surface area (Å²) in [7, 11) is 0. The Labute approximate surface area is 77.6 Å². The normalized spacial score (nSPS) is 11.4. The lowest BCUT2D eigenvalue weighted by Crippen LogP contribution is -1.88. The molecular weight excluding hydrogens is 162 g/mol. The molecule has 2 heteroatoms. The minimum Gasteiger partial charge on any atom is -0.459 e. The largest absolute Gasteiger partial charge is 0.459 e. The zero-order valence-electron chi connectivity index (χ0n) is 8.16. The van der Waals surface area contributed by atoms with Crippen LogP contribution in [0.4, 0.5) is 0 Å². The number of nitrogens with zero attached hydrogens (tertiary/aromatic N) is 1. The summed E-state index contributed by atoms with van der Waals surface area (Å²) in [5.41, 5.74) is 3.14. The van der Waals surface area contributed by atoms with Gasteiger partial charge >= 0.3 is 0 Å². The molecule has 2 nitrogen and oxygen atoms in total. The molecular formula is C11H13NO. The number of fused-ring (bicyclic) bond motifs is 1. The van der Waals surface area contributed by atoms with Gasteiger partial charge in [0, 0.05) is 17.8 Å². The molecule has 0 aliphatic rings. The predicted octanol–water partition coefficient (Wildman–Crippen LogP) is 3.26. The van der Waals surface area contributed by atoms with Gasteiger partial charge in [0.2, 0.25) is 0 Å². The maximum atomic E-state index is 5.60. The third-order valence-corrected chi connectivity index (χ3v) is 2.19. The van der Waals surface area contributed by atoms with Crippen molar-refractivity contribution in [1.82, 2.24) is 4.98 Å². The molecule has 0 radical (unpaired) electrons. The molecule has 0 aliphatic carbocycles. The lowest BCUT2D eigenvalue weighted by molar-refractivity contribution is 0.571. The first-order chi connectivity index (χ1) is 6.18. The molecule has 0 saturated carbocycles. The Kier molecular flexibility index (Phi) is 1.83. The number of hydrogen-bond donors (Lipinski definition) is 0. The van der Waals surface area contributed by atoms with E-state index in [1.54, 1.807) is 0 Å². The third-order valence-electron chi connectivity index (χ3n) is 2.19. The van der Waals surface area contributed by atoms with Crippen LogP contribution in [0.15, 0.2) is 22.7 Å². The second-order valence-electron chi connectivity index (χ2n) is 3.63. The molecule has 0 saturated heterocycles. The van der Waals surface area contributed by atoms with Gasteiger partial charge in [-0.25, -0.2) is 0 Å². The number of furan rings is 1. The van der Waals surface area contributed by atoms with Crippen LogP contribution in [0.3, 0.4) is 0 Å². The highest BCUT2D eigenvalue weighted by atomic mass is 16.3. The topological polar surface area (TPSA) is 26.0 Å². The average Bonchev–Trinajstić information content (AvgIpc) is 2.43. The van der Waals surface area contributed by atoms with Crippen molar-refractivity contribution in [3.63, 3.8) is 0 Å². The van der Waals surface area contributed by atoms with Gasteiger partial charge in [-0.3, -0.25) is 4.98 Å². The van der Waals surface area contributed by atoms with Crippen molar-refractivity contribution < 1.29 is 4.42 Å². The van der Waals surface area contributed by atoms with Crippen LogP contribution in [0.5, 0.6) is 0 Å². The van der Waals surface area contributed by atoms with Crippen molar-refractivity contribution in [2.75, 3.05) is 0 Å². The first-order valence-electron chi connectivity index (χ1n) is 4.53. The monoisotopic (exact) mass is 175 g/mol. The zero-order chi connectivity index (χ0) is 9.42. The third kappa shape index (κ3) is 1.32. The molecule has 0 unspecified atom stereocenters. The Morgan fingerprint density at radius 1 is 1.38 bits per heavy atom. The van der Waals surface area contributed by atoms with Gasteiger partial charge in [-0.1, -0.05) is 13.8 Å². The minimum absolute atomic E-state index is 0.482. The first kappa shape index (κ1) is 8.30. The summed E-state index contributed by atoms with van der Waals surface area (Å²) in [5, 5.41) is 0. The van der Waals surface area contributed by atoms with Gasteiger partial charge in [-0.15, -0.1) is 0 Å². The molecule has 0 atom stereocenters. The van der Waals surface area contributed by atoms with E-state index in [1.807, 2.05) is 25.3 Å². The fraction of sp³-hybridized carbons (Fsp3) is 0.364. The number of aryl methyl sites for hydroxylation is 1. The van der Waals surface area contributed by atoms with Crippen LogP contribution in [0.1, 0.15) is 31.1 Å². The van der Waals surface area contributed by atoms with Gasteiger partial charge in [0.15, 0.2) is 5.58 Å². The maximum Gasteiger partial charge on any atom is 0.156 e. The van der Waals surface area contributed by atoms with Gasteiger partial charge in [0.05, 0.1) is 0 Å². The SMILES string of the molecule is Cc1cc2nccc(C(C)C)c2o1. The zero-order valence-corrected chi connectivity index (χ0v) is 8.16. The summed E-state index contributed by atoms with van der Waals surface area (Å²) in [6, 6.07) is 4.00. The van der Waals surface area contributed by atoms with E-state index in [9.17, 15) is 0 Å². The number of hydrogen-bond acceptors (Lipinski definition) is 2. The number of rotatable bonds is 1. The standard InChI is InChI=1S/C11H13NO/c1-7(2)9-4-5-12-10-6-8(3)13-11(9)10/h4-7H,1-3H3. The van der Waals surface area contributed by atoms with Crippen LogP contribution in [0, 0.1) is 6.92 Å². The van der Waals surface area contributed by atoms with Crippen LogP contribution in [0.25, 0.3) is 11.1 Å². The Bertz CT molecular complexity index is 429. The number of aromatic nitrogens is 1. The Morgan fingerprint density at radius 3 is 2.85 bits per heavy atom. The highest BCUT2D eigenvalue weighted by Gasteiger charge is 2.09. The molecule has 2 rings (SSSR count). The first-order valence-corrected chi connectivity index (χ1v) is 4.53. The molecule has 0 fully saturated rings. The molecule has 0 aromatic carbocycles. The molecule has 0 aliphatic heterocycles. The van der Waals surface area contributed by atoms with Gasteiger partial charge < -0.3 is 4.42 Å². The number of pyridine rings is 1. The summed E-state index contributed by atoms with van der Waals surface area (Å²) in [5.74, 6) is 1.41. The van der Waals surface area contributed by atoms with E-state index in [1.165, 1.54) is 5.56 Å². The Hall–Kier alpha value is -1.31. The summed E-state index contributed by atoms with van der Waals surface area (Å²) in [6.07, 6.45) is 1.84. The summed E-state index contributed by atoms with van der Waals surface area (Å²) in [4.78, 5) is 4.25. The van der Waals surface area contributed by atoms with E-state index in [0.717, 1.165) is 16.9 Å². The van der Waals surface area contributed by atoms with Crippen LogP contribution < -0.4 is 0 Å². The molecule has 68 valence electrons. The van der Waals surface area contributed by atoms with Gasteiger partial charge in [-0.05, 0) is 18.9 Å². The molecule has 0 bridgehead atoms. The maximum absolute atomic E-state index is 5.60. The Morgan fingerprint density at radius 2 is 2.15 bits per heavy atom. The van der Waals surface area contributed by atoms with Crippen LogP contribution >= 0.6 is 0 Å². The van der Waals surface area contributed by atoms with E-state index < -0.39 is 0 Å². The summed E-state index contributed by atoms with van der Waals surface area (Å²) in [6.45, 7) is 6.27. The van der Waals surface area contributed by atoms with Gasteiger partial charge in [0.25, 0.3) is 0 Å². The second kappa shape index (κ2) is 2.87. The molecule has 2 aromatic heterocycles. The molecule has 0 spiro atoms. The molecule has 2 heterocycles. The van der Waals surface area contributed by atoms with E-state index >= 15 is 0 Å². The fourth-order valence-corrected chi connectivity index (χ4v) is 1.53. The van der Waals surface area contributed by atoms with Crippen molar-refractivity contribution in [3.8, 4) is 0 Å². The molecule has 13 heavy (non-hydrogen) atoms. The lowest BCUT2D eigenvalue weighted by atomic mass is 10.0. The van der Waals surface area contributed by atoms with Crippen LogP contribution in [-0.2, 0) is 0 Å². The highest BCUT2D eigenvalue weighted by Crippen LogP contribution is 2.25. The second-order valence-corrected chi connectivity index (χ2v) is 3.63. The van der Waals surface area contributed by atoms with Gasteiger partial charge in [0.1, 0.15) is 11.3 Å². The van der Waals surface area contributed by atoms with E-state index in [4.69, 9.17) is 4.42 Å². The average molecular weight is 175 g/mol. The quantitative estimate of drug-likeness (QED) is 0.664. The lowest BCUT2D eigenvalue weighted by Gasteiger charge is -2.03. The van der Waals surface area contributed by atoms with Crippen molar-refractivity contribution in [2.45, 2.75) is 26.7 Å². The fourth-order valence-electron chi connectivity index (χ4n) is 1.53. The Balaban J connectivity index is 2.75. The minimum atomic E-state index is 0.482. The van der Waals surface area contributed by atoms with Gasteiger partial charge in [-0.2, -0.15) is 0 Å². The van der Waals surface area contributed by atoms with Crippen molar-refractivity contribution in [1.29, 1.82) is 0 Å². The van der Waals surface area contributed by atoms with Crippen LogP contribution in [-0.4, -0.2) is 4.98 Å². The van der Waals surface area contributed by atoms with E-state index in [2.05, 4.69) is 18.8 Å². The molecule has 2 aromatic rings. The highest BCUT2D eigenvalue weighted by molar-refractivity contribution is 5.77. The van der Waals surface area contributed by atoms with E-state index in [0.29, 0.717) is 5.92 Å². The molecule has 0 amide bonds. The summed E-state index contributed by atoms with van der Waals surface area (Å²) >= 11 is 0. The van der Waals surface area contributed by atoms with E-state index in [-0.39, 0.29) is 0 Å². The predicted molar refractivity (Wildman–Crippen MR) is 52.8 cm³/mol.